The van der Waals surface area contributed by atoms with E-state index < -0.39 is 11.2 Å². The van der Waals surface area contributed by atoms with Crippen LogP contribution in [0.25, 0.3) is 16.8 Å². The molecule has 5 rings (SSSR count). The monoisotopic (exact) mass is 413 g/mol. The Labute approximate surface area is 183 Å². The van der Waals surface area contributed by atoms with E-state index in [-0.39, 0.29) is 5.92 Å². The predicted octanol–water partition coefficient (Wildman–Crippen LogP) is 6.31. The first-order valence-corrected chi connectivity index (χ1v) is 11.4. The first-order valence-electron chi connectivity index (χ1n) is 10.5. The second-order valence-electron chi connectivity index (χ2n) is 9.29. The second kappa shape index (κ2) is 7.01. The summed E-state index contributed by atoms with van der Waals surface area (Å²) in [5.74, 6) is 0.238. The first kappa shape index (κ1) is 19.9. The van der Waals surface area contributed by atoms with Crippen LogP contribution in [0.15, 0.2) is 71.0 Å². The van der Waals surface area contributed by atoms with Crippen molar-refractivity contribution < 1.29 is 9.76 Å². The van der Waals surface area contributed by atoms with Crippen molar-refractivity contribution in [3.63, 3.8) is 0 Å². The largest absolute Gasteiger partial charge is 0.427 e. The van der Waals surface area contributed by atoms with Crippen molar-refractivity contribution >= 4 is 36.1 Å². The van der Waals surface area contributed by atoms with Gasteiger partial charge in [-0.2, -0.15) is 0 Å². The first-order chi connectivity index (χ1) is 14.3. The van der Waals surface area contributed by atoms with Gasteiger partial charge >= 0.3 is 7.48 Å². The number of allylic oxidation sites excluding steroid dienone is 1. The lowest BCUT2D eigenvalue weighted by atomic mass is 9.67. The SMILES string of the molecule is CC(C)(O)C(C)(C)O[B]C1=Cc2ccc3ccccc3c2C2Sc3ccccc3C12. The molecule has 0 saturated carbocycles. The van der Waals surface area contributed by atoms with Crippen LogP contribution >= 0.6 is 11.8 Å². The van der Waals surface area contributed by atoms with Gasteiger partial charge in [0.05, 0.1) is 11.2 Å². The van der Waals surface area contributed by atoms with Gasteiger partial charge in [-0.1, -0.05) is 66.1 Å². The quantitative estimate of drug-likeness (QED) is 0.508. The molecule has 2 atom stereocenters. The van der Waals surface area contributed by atoms with Crippen molar-refractivity contribution in [3.8, 4) is 0 Å². The molecule has 2 aliphatic rings. The summed E-state index contributed by atoms with van der Waals surface area (Å²) in [6.07, 6.45) is 2.27. The van der Waals surface area contributed by atoms with Gasteiger partial charge in [0.15, 0.2) is 0 Å². The Hall–Kier alpha value is -2.01. The lowest BCUT2D eigenvalue weighted by Gasteiger charge is -2.39. The number of hydrogen-bond donors (Lipinski definition) is 1. The van der Waals surface area contributed by atoms with Crippen molar-refractivity contribution in [3.05, 3.63) is 82.8 Å². The summed E-state index contributed by atoms with van der Waals surface area (Å²) < 4.78 is 6.21. The van der Waals surface area contributed by atoms with Crippen LogP contribution in [0, 0.1) is 0 Å². The summed E-state index contributed by atoms with van der Waals surface area (Å²) in [4.78, 5) is 1.34. The van der Waals surface area contributed by atoms with Gasteiger partial charge in [-0.05, 0) is 61.2 Å². The molecule has 2 nitrogen and oxygen atoms in total. The van der Waals surface area contributed by atoms with Gasteiger partial charge in [0.25, 0.3) is 0 Å². The molecule has 1 N–H and O–H groups in total. The second-order valence-corrected chi connectivity index (χ2v) is 10.5. The van der Waals surface area contributed by atoms with Crippen LogP contribution < -0.4 is 0 Å². The summed E-state index contributed by atoms with van der Waals surface area (Å²) in [6, 6.07) is 21.8. The number of hydrogen-bond acceptors (Lipinski definition) is 3. The van der Waals surface area contributed by atoms with E-state index in [0.29, 0.717) is 5.25 Å². The summed E-state index contributed by atoms with van der Waals surface area (Å²) in [5.41, 5.74) is 3.55. The maximum Gasteiger partial charge on any atom is 0.327 e. The van der Waals surface area contributed by atoms with Gasteiger partial charge in [0.1, 0.15) is 0 Å². The molecule has 3 aromatic rings. The molecule has 0 spiro atoms. The maximum atomic E-state index is 10.5. The average Bonchev–Trinajstić information content (AvgIpc) is 3.10. The van der Waals surface area contributed by atoms with E-state index >= 15 is 0 Å². The summed E-state index contributed by atoms with van der Waals surface area (Å²) in [7, 11) is 1.89. The Bertz CT molecular complexity index is 1160. The minimum atomic E-state index is -0.950. The molecule has 1 heterocycles. The molecule has 4 heteroatoms. The van der Waals surface area contributed by atoms with E-state index in [9.17, 15) is 5.11 Å². The molecule has 3 aromatic carbocycles. The van der Waals surface area contributed by atoms with E-state index in [1.807, 2.05) is 33.1 Å². The molecular formula is C26H26BO2S. The Kier molecular flexibility index (Phi) is 4.66. The van der Waals surface area contributed by atoms with Crippen molar-refractivity contribution in [2.45, 2.75) is 55.0 Å². The molecule has 2 unspecified atom stereocenters. The van der Waals surface area contributed by atoms with Crippen LogP contribution in [0.1, 0.15) is 55.6 Å². The Balaban J connectivity index is 1.63. The molecule has 1 aliphatic carbocycles. The zero-order valence-electron chi connectivity index (χ0n) is 17.8. The van der Waals surface area contributed by atoms with Crippen molar-refractivity contribution in [1.29, 1.82) is 0 Å². The molecule has 151 valence electrons. The van der Waals surface area contributed by atoms with Gasteiger partial charge in [0, 0.05) is 16.1 Å². The summed E-state index contributed by atoms with van der Waals surface area (Å²) >= 11 is 1.95. The van der Waals surface area contributed by atoms with Crippen molar-refractivity contribution in [2.75, 3.05) is 0 Å². The highest BCUT2D eigenvalue weighted by Gasteiger charge is 2.43. The van der Waals surface area contributed by atoms with Gasteiger partial charge in [-0.15, -0.1) is 11.8 Å². The number of aliphatic hydroxyl groups is 1. The lowest BCUT2D eigenvalue weighted by molar-refractivity contribution is -0.0897. The van der Waals surface area contributed by atoms with Crippen molar-refractivity contribution in [1.82, 2.24) is 0 Å². The van der Waals surface area contributed by atoms with Crippen LogP contribution in [0.3, 0.4) is 0 Å². The average molecular weight is 413 g/mol. The minimum absolute atomic E-state index is 0.238. The Morgan fingerprint density at radius 3 is 2.47 bits per heavy atom. The Morgan fingerprint density at radius 1 is 0.933 bits per heavy atom. The standard InChI is InChI=1S/C26H26BO2S/c1-25(2,28)26(3,4)29-27-20-15-17-14-13-16-9-5-6-10-18(16)22(17)24-23(20)19-11-7-8-12-21(19)30-24/h5-15,23-24,28H,1-4H3. The molecule has 0 fully saturated rings. The van der Waals surface area contributed by atoms with E-state index in [2.05, 4.69) is 66.7 Å². The minimum Gasteiger partial charge on any atom is -0.427 e. The molecule has 1 aliphatic heterocycles. The van der Waals surface area contributed by atoms with Crippen LogP contribution in [0.2, 0.25) is 0 Å². The van der Waals surface area contributed by atoms with Gasteiger partial charge in [-0.25, -0.2) is 0 Å². The highest BCUT2D eigenvalue weighted by Crippen LogP contribution is 2.60. The van der Waals surface area contributed by atoms with Gasteiger partial charge in [0.2, 0.25) is 0 Å². The molecule has 0 amide bonds. The maximum absolute atomic E-state index is 10.5. The lowest BCUT2D eigenvalue weighted by Crippen LogP contribution is -2.48. The fraction of sp³-hybridized carbons (Fsp3) is 0.308. The normalized spacial score (nSPS) is 20.4. The molecule has 30 heavy (non-hydrogen) atoms. The number of thioether (sulfide) groups is 1. The fourth-order valence-corrected chi connectivity index (χ4v) is 5.87. The van der Waals surface area contributed by atoms with Gasteiger partial charge in [-0.3, -0.25) is 0 Å². The highest BCUT2D eigenvalue weighted by atomic mass is 32.2. The topological polar surface area (TPSA) is 29.5 Å². The third-order valence-electron chi connectivity index (χ3n) is 6.74. The molecule has 0 aromatic heterocycles. The fourth-order valence-electron chi connectivity index (χ4n) is 4.28. The molecular weight excluding hydrogens is 387 g/mol. The van der Waals surface area contributed by atoms with Crippen LogP contribution in [0.4, 0.5) is 0 Å². The van der Waals surface area contributed by atoms with Gasteiger partial charge < -0.3 is 9.76 Å². The van der Waals surface area contributed by atoms with Crippen LogP contribution in [-0.2, 0) is 4.65 Å². The van der Waals surface area contributed by atoms with E-state index in [0.717, 1.165) is 5.47 Å². The third kappa shape index (κ3) is 3.13. The third-order valence-corrected chi connectivity index (χ3v) is 8.13. The van der Waals surface area contributed by atoms with E-state index in [1.165, 1.54) is 32.4 Å². The van der Waals surface area contributed by atoms with Crippen LogP contribution in [0.5, 0.6) is 0 Å². The Morgan fingerprint density at radius 2 is 1.67 bits per heavy atom. The van der Waals surface area contributed by atoms with E-state index in [1.54, 1.807) is 13.8 Å². The number of rotatable bonds is 4. The highest BCUT2D eigenvalue weighted by molar-refractivity contribution is 8.00. The van der Waals surface area contributed by atoms with E-state index in [4.69, 9.17) is 4.65 Å². The van der Waals surface area contributed by atoms with Crippen molar-refractivity contribution in [2.24, 2.45) is 0 Å². The van der Waals surface area contributed by atoms with Crippen LogP contribution in [-0.4, -0.2) is 23.8 Å². The number of benzene rings is 3. The zero-order valence-corrected chi connectivity index (χ0v) is 18.7. The predicted molar refractivity (Wildman–Crippen MR) is 127 cm³/mol. The molecule has 1 radical (unpaired) electrons. The molecule has 0 saturated heterocycles. The molecule has 0 bridgehead atoms. The summed E-state index contributed by atoms with van der Waals surface area (Å²) in [6.45, 7) is 7.45. The smallest absolute Gasteiger partial charge is 0.327 e. The summed E-state index contributed by atoms with van der Waals surface area (Å²) in [5, 5.41) is 13.5. The number of fused-ring (bicyclic) bond motifs is 7. The zero-order chi connectivity index (χ0) is 21.1.